The smallest absolute Gasteiger partial charge is 0.336 e. The molecule has 0 aromatic carbocycles. The van der Waals surface area contributed by atoms with Crippen LogP contribution < -0.4 is 5.63 Å². The lowest BCUT2D eigenvalue weighted by Gasteiger charge is -2.31. The molecule has 0 unspecified atom stereocenters. The maximum atomic E-state index is 12.6. The zero-order valence-corrected chi connectivity index (χ0v) is 11.5. The molecule has 0 spiro atoms. The van der Waals surface area contributed by atoms with Crippen LogP contribution in [0.5, 0.6) is 0 Å². The molecular formula is C15H17NO4. The Hall–Kier alpha value is -1.91. The third-order valence-corrected chi connectivity index (χ3v) is 4.20. The SMILES string of the molecule is CCc1cc(=O)oc2c1C(=O)N(C1CCCC1)C(=O)C2. The number of rotatable bonds is 2. The summed E-state index contributed by atoms with van der Waals surface area (Å²) < 4.78 is 5.07. The third-order valence-electron chi connectivity index (χ3n) is 4.20. The van der Waals surface area contributed by atoms with Crippen LogP contribution in [0.15, 0.2) is 15.3 Å². The molecule has 0 N–H and O–H groups in total. The van der Waals surface area contributed by atoms with E-state index < -0.39 is 5.63 Å². The van der Waals surface area contributed by atoms with E-state index in [2.05, 4.69) is 0 Å². The number of hydrogen-bond acceptors (Lipinski definition) is 4. The molecule has 1 aromatic heterocycles. The first-order chi connectivity index (χ1) is 9.61. The Labute approximate surface area is 116 Å². The molecule has 0 bridgehead atoms. The lowest BCUT2D eigenvalue weighted by atomic mass is 9.97. The summed E-state index contributed by atoms with van der Waals surface area (Å²) in [5, 5.41) is 0. The number of aryl methyl sites for hydroxylation is 1. The van der Waals surface area contributed by atoms with Gasteiger partial charge in [0.1, 0.15) is 5.76 Å². The van der Waals surface area contributed by atoms with Crippen molar-refractivity contribution in [3.05, 3.63) is 33.4 Å². The summed E-state index contributed by atoms with van der Waals surface area (Å²) in [6.45, 7) is 1.89. The van der Waals surface area contributed by atoms with E-state index >= 15 is 0 Å². The van der Waals surface area contributed by atoms with E-state index in [1.807, 2.05) is 6.92 Å². The lowest BCUT2D eigenvalue weighted by molar-refractivity contribution is -0.130. The van der Waals surface area contributed by atoms with Gasteiger partial charge in [0.25, 0.3) is 5.91 Å². The number of carbonyl (C=O) groups is 2. The van der Waals surface area contributed by atoms with E-state index in [0.29, 0.717) is 17.5 Å². The molecule has 1 saturated carbocycles. The first-order valence-corrected chi connectivity index (χ1v) is 7.14. The molecule has 0 saturated heterocycles. The molecule has 1 fully saturated rings. The van der Waals surface area contributed by atoms with Crippen LogP contribution in [0.2, 0.25) is 0 Å². The van der Waals surface area contributed by atoms with Crippen molar-refractivity contribution < 1.29 is 14.0 Å². The minimum atomic E-state index is -0.490. The van der Waals surface area contributed by atoms with E-state index in [0.717, 1.165) is 25.7 Å². The molecular weight excluding hydrogens is 258 g/mol. The highest BCUT2D eigenvalue weighted by Gasteiger charge is 2.39. The summed E-state index contributed by atoms with van der Waals surface area (Å²) in [5.41, 5.74) is 0.617. The van der Waals surface area contributed by atoms with Gasteiger partial charge < -0.3 is 4.42 Å². The van der Waals surface area contributed by atoms with Gasteiger partial charge in [0.2, 0.25) is 5.91 Å². The van der Waals surface area contributed by atoms with Gasteiger partial charge in [0, 0.05) is 12.1 Å². The van der Waals surface area contributed by atoms with Crippen molar-refractivity contribution in [3.8, 4) is 0 Å². The van der Waals surface area contributed by atoms with Crippen LogP contribution in [0.25, 0.3) is 0 Å². The van der Waals surface area contributed by atoms with Gasteiger partial charge >= 0.3 is 5.63 Å². The van der Waals surface area contributed by atoms with Crippen LogP contribution in [0, 0.1) is 0 Å². The van der Waals surface area contributed by atoms with E-state index in [-0.39, 0.29) is 30.0 Å². The quantitative estimate of drug-likeness (QED) is 0.770. The van der Waals surface area contributed by atoms with Crippen LogP contribution in [0.4, 0.5) is 0 Å². The van der Waals surface area contributed by atoms with Crippen molar-refractivity contribution in [2.75, 3.05) is 0 Å². The highest BCUT2D eigenvalue weighted by atomic mass is 16.4. The summed E-state index contributed by atoms with van der Waals surface area (Å²) in [7, 11) is 0. The van der Waals surface area contributed by atoms with Gasteiger partial charge in [0.05, 0.1) is 12.0 Å². The van der Waals surface area contributed by atoms with Crippen molar-refractivity contribution in [3.63, 3.8) is 0 Å². The zero-order chi connectivity index (χ0) is 14.3. The Balaban J connectivity index is 2.08. The minimum Gasteiger partial charge on any atom is -0.426 e. The lowest BCUT2D eigenvalue weighted by Crippen LogP contribution is -2.48. The van der Waals surface area contributed by atoms with Crippen molar-refractivity contribution in [2.24, 2.45) is 0 Å². The van der Waals surface area contributed by atoms with Crippen molar-refractivity contribution in [1.82, 2.24) is 4.90 Å². The Morgan fingerprint density at radius 3 is 2.60 bits per heavy atom. The number of hydrogen-bond donors (Lipinski definition) is 0. The highest BCUT2D eigenvalue weighted by molar-refractivity contribution is 6.10. The predicted octanol–water partition coefficient (Wildman–Crippen LogP) is 1.67. The van der Waals surface area contributed by atoms with Gasteiger partial charge in [0.15, 0.2) is 0 Å². The second-order valence-electron chi connectivity index (χ2n) is 5.43. The van der Waals surface area contributed by atoms with Gasteiger partial charge in [-0.05, 0) is 24.8 Å². The second kappa shape index (κ2) is 4.89. The van der Waals surface area contributed by atoms with Crippen molar-refractivity contribution in [1.29, 1.82) is 0 Å². The summed E-state index contributed by atoms with van der Waals surface area (Å²) in [5.74, 6) is -0.298. The molecule has 2 aliphatic rings. The third kappa shape index (κ3) is 1.97. The topological polar surface area (TPSA) is 67.6 Å². The normalized spacial score (nSPS) is 19.6. The van der Waals surface area contributed by atoms with E-state index in [1.165, 1.54) is 11.0 Å². The van der Waals surface area contributed by atoms with Crippen molar-refractivity contribution >= 4 is 11.8 Å². The Bertz CT molecular complexity index is 625. The maximum absolute atomic E-state index is 12.6. The summed E-state index contributed by atoms with van der Waals surface area (Å²) in [6.07, 6.45) is 4.46. The summed E-state index contributed by atoms with van der Waals surface area (Å²) in [6, 6.07) is 1.37. The molecule has 20 heavy (non-hydrogen) atoms. The molecule has 0 radical (unpaired) electrons. The van der Waals surface area contributed by atoms with E-state index in [9.17, 15) is 14.4 Å². The molecule has 1 aliphatic carbocycles. The first kappa shape index (κ1) is 13.1. The number of amides is 2. The van der Waals surface area contributed by atoms with Crippen LogP contribution >= 0.6 is 0 Å². The Kier molecular flexibility index (Phi) is 3.20. The number of carbonyl (C=O) groups excluding carboxylic acids is 2. The minimum absolute atomic E-state index is 0.0137. The molecule has 3 rings (SSSR count). The first-order valence-electron chi connectivity index (χ1n) is 7.14. The zero-order valence-electron chi connectivity index (χ0n) is 11.5. The van der Waals surface area contributed by atoms with Crippen LogP contribution in [-0.4, -0.2) is 22.8 Å². The number of nitrogens with zero attached hydrogens (tertiary/aromatic N) is 1. The standard InChI is InChI=1S/C15H17NO4/c1-2-9-7-13(18)20-11-8-12(17)16(15(19)14(9)11)10-5-3-4-6-10/h7,10H,2-6,8H2,1H3. The fraction of sp³-hybridized carbons (Fsp3) is 0.533. The van der Waals surface area contributed by atoms with E-state index in [4.69, 9.17) is 4.42 Å². The van der Waals surface area contributed by atoms with Crippen LogP contribution in [0.1, 0.15) is 54.3 Å². The van der Waals surface area contributed by atoms with Gasteiger partial charge in [-0.2, -0.15) is 0 Å². The Morgan fingerprint density at radius 1 is 1.25 bits per heavy atom. The largest absolute Gasteiger partial charge is 0.426 e. The van der Waals surface area contributed by atoms with Gasteiger partial charge in [-0.25, -0.2) is 4.79 Å². The second-order valence-corrected chi connectivity index (χ2v) is 5.43. The fourth-order valence-corrected chi connectivity index (χ4v) is 3.24. The molecule has 1 aliphatic heterocycles. The van der Waals surface area contributed by atoms with Gasteiger partial charge in [-0.1, -0.05) is 19.8 Å². The highest BCUT2D eigenvalue weighted by Crippen LogP contribution is 2.30. The average molecular weight is 275 g/mol. The molecule has 1 aromatic rings. The molecule has 2 heterocycles. The predicted molar refractivity (Wildman–Crippen MR) is 71.5 cm³/mol. The number of fused-ring (bicyclic) bond motifs is 1. The summed E-state index contributed by atoms with van der Waals surface area (Å²) >= 11 is 0. The monoisotopic (exact) mass is 275 g/mol. The maximum Gasteiger partial charge on any atom is 0.336 e. The van der Waals surface area contributed by atoms with E-state index in [1.54, 1.807) is 0 Å². The molecule has 5 heteroatoms. The average Bonchev–Trinajstić information content (AvgIpc) is 2.90. The molecule has 106 valence electrons. The van der Waals surface area contributed by atoms with Crippen LogP contribution in [0.3, 0.4) is 0 Å². The molecule has 5 nitrogen and oxygen atoms in total. The van der Waals surface area contributed by atoms with Crippen LogP contribution in [-0.2, 0) is 17.6 Å². The molecule has 0 atom stereocenters. The number of imide groups is 1. The summed E-state index contributed by atoms with van der Waals surface area (Å²) in [4.78, 5) is 37.7. The fourth-order valence-electron chi connectivity index (χ4n) is 3.24. The molecule has 2 amide bonds. The van der Waals surface area contributed by atoms with Gasteiger partial charge in [-0.3, -0.25) is 14.5 Å². The van der Waals surface area contributed by atoms with Crippen molar-refractivity contribution in [2.45, 2.75) is 51.5 Å². The van der Waals surface area contributed by atoms with Gasteiger partial charge in [-0.15, -0.1) is 0 Å². The Morgan fingerprint density at radius 2 is 1.95 bits per heavy atom.